The monoisotopic (exact) mass is 272 g/mol. The van der Waals surface area contributed by atoms with Crippen LogP contribution in [-0.2, 0) is 6.54 Å². The summed E-state index contributed by atoms with van der Waals surface area (Å²) in [4.78, 5) is 11.9. The summed E-state index contributed by atoms with van der Waals surface area (Å²) in [6, 6.07) is 0.120. The highest BCUT2D eigenvalue weighted by Gasteiger charge is 2.08. The van der Waals surface area contributed by atoms with Crippen molar-refractivity contribution in [3.63, 3.8) is 0 Å². The van der Waals surface area contributed by atoms with Gasteiger partial charge in [-0.25, -0.2) is 4.68 Å². The summed E-state index contributed by atoms with van der Waals surface area (Å²) in [5.74, 6) is 0. The van der Waals surface area contributed by atoms with Crippen molar-refractivity contribution in [3.05, 3.63) is 21.6 Å². The van der Waals surface area contributed by atoms with Crippen LogP contribution in [0.4, 0.5) is 5.69 Å². The summed E-state index contributed by atoms with van der Waals surface area (Å²) in [5.41, 5.74) is 5.99. The third kappa shape index (κ3) is 4.31. The fourth-order valence-corrected chi connectivity index (χ4v) is 1.70. The average Bonchev–Trinajstić information content (AvgIpc) is 2.33. The van der Waals surface area contributed by atoms with E-state index in [9.17, 15) is 4.79 Å². The van der Waals surface area contributed by atoms with E-state index in [0.29, 0.717) is 18.8 Å². The van der Waals surface area contributed by atoms with Crippen LogP contribution in [0.15, 0.2) is 11.0 Å². The number of nitrogens with zero attached hydrogens (tertiary/aromatic N) is 2. The van der Waals surface area contributed by atoms with Gasteiger partial charge in [0.1, 0.15) is 5.02 Å². The number of anilines is 1. The van der Waals surface area contributed by atoms with Crippen molar-refractivity contribution in [2.75, 3.05) is 11.9 Å². The molecule has 1 aromatic rings. The highest BCUT2D eigenvalue weighted by Crippen LogP contribution is 2.15. The SMILES string of the molecule is CCCCn1ncc(NCCC(C)N)c(Cl)c1=O. The highest BCUT2D eigenvalue weighted by molar-refractivity contribution is 6.32. The van der Waals surface area contributed by atoms with Crippen LogP contribution in [0, 0.1) is 0 Å². The van der Waals surface area contributed by atoms with E-state index >= 15 is 0 Å². The number of nitrogens with one attached hydrogen (secondary N) is 1. The number of unbranched alkanes of at least 4 members (excludes halogenated alkanes) is 1. The fourth-order valence-electron chi connectivity index (χ4n) is 1.49. The first-order valence-corrected chi connectivity index (χ1v) is 6.69. The number of hydrogen-bond acceptors (Lipinski definition) is 4. The first-order chi connectivity index (χ1) is 8.56. The van der Waals surface area contributed by atoms with Gasteiger partial charge in [0.05, 0.1) is 11.9 Å². The molecule has 1 unspecified atom stereocenters. The molecule has 0 radical (unpaired) electrons. The summed E-state index contributed by atoms with van der Waals surface area (Å²) < 4.78 is 1.41. The van der Waals surface area contributed by atoms with Crippen molar-refractivity contribution >= 4 is 17.3 Å². The van der Waals surface area contributed by atoms with Gasteiger partial charge in [-0.1, -0.05) is 24.9 Å². The quantitative estimate of drug-likeness (QED) is 0.794. The van der Waals surface area contributed by atoms with E-state index in [2.05, 4.69) is 17.3 Å². The molecular formula is C12H21ClN4O. The largest absolute Gasteiger partial charge is 0.382 e. The number of halogens is 1. The summed E-state index contributed by atoms with van der Waals surface area (Å²) in [7, 11) is 0. The molecule has 3 N–H and O–H groups in total. The molecule has 6 heteroatoms. The lowest BCUT2D eigenvalue weighted by Crippen LogP contribution is -2.25. The molecule has 0 saturated carbocycles. The van der Waals surface area contributed by atoms with Gasteiger partial charge in [-0.15, -0.1) is 0 Å². The highest BCUT2D eigenvalue weighted by atomic mass is 35.5. The van der Waals surface area contributed by atoms with Crippen molar-refractivity contribution in [1.82, 2.24) is 9.78 Å². The van der Waals surface area contributed by atoms with Crippen LogP contribution in [0.25, 0.3) is 0 Å². The third-order valence-electron chi connectivity index (χ3n) is 2.62. The normalized spacial score (nSPS) is 12.4. The number of hydrogen-bond donors (Lipinski definition) is 2. The second-order valence-electron chi connectivity index (χ2n) is 4.45. The summed E-state index contributed by atoms with van der Waals surface area (Å²) >= 11 is 6.03. The third-order valence-corrected chi connectivity index (χ3v) is 2.99. The maximum atomic E-state index is 11.9. The molecule has 18 heavy (non-hydrogen) atoms. The minimum absolute atomic E-state index is 0.120. The van der Waals surface area contributed by atoms with Crippen LogP contribution in [0.5, 0.6) is 0 Å². The Kier molecular flexibility index (Phi) is 6.15. The number of aromatic nitrogens is 2. The van der Waals surface area contributed by atoms with Crippen molar-refractivity contribution in [1.29, 1.82) is 0 Å². The Morgan fingerprint density at radius 2 is 2.33 bits per heavy atom. The molecular weight excluding hydrogens is 252 g/mol. The van der Waals surface area contributed by atoms with Crippen molar-refractivity contribution in [2.45, 2.75) is 45.7 Å². The molecule has 0 aliphatic heterocycles. The van der Waals surface area contributed by atoms with E-state index in [-0.39, 0.29) is 16.6 Å². The lowest BCUT2D eigenvalue weighted by atomic mass is 10.2. The van der Waals surface area contributed by atoms with E-state index < -0.39 is 0 Å². The summed E-state index contributed by atoms with van der Waals surface area (Å²) in [6.07, 6.45) is 4.34. The fraction of sp³-hybridized carbons (Fsp3) is 0.667. The van der Waals surface area contributed by atoms with Crippen molar-refractivity contribution in [3.8, 4) is 0 Å². The molecule has 1 heterocycles. The first-order valence-electron chi connectivity index (χ1n) is 6.31. The van der Waals surface area contributed by atoms with Crippen molar-refractivity contribution < 1.29 is 0 Å². The van der Waals surface area contributed by atoms with Crippen LogP contribution in [-0.4, -0.2) is 22.4 Å². The van der Waals surface area contributed by atoms with E-state index in [1.807, 2.05) is 6.92 Å². The van der Waals surface area contributed by atoms with E-state index in [1.54, 1.807) is 6.20 Å². The summed E-state index contributed by atoms with van der Waals surface area (Å²) in [5, 5.41) is 7.38. The van der Waals surface area contributed by atoms with Gasteiger partial charge in [0.25, 0.3) is 5.56 Å². The molecule has 1 rings (SSSR count). The van der Waals surface area contributed by atoms with Gasteiger partial charge in [-0.3, -0.25) is 4.79 Å². The van der Waals surface area contributed by atoms with E-state index in [4.69, 9.17) is 17.3 Å². The van der Waals surface area contributed by atoms with Crippen LogP contribution in [0.2, 0.25) is 5.02 Å². The Labute approximate surface area is 112 Å². The molecule has 0 amide bonds. The van der Waals surface area contributed by atoms with Crippen LogP contribution < -0.4 is 16.6 Å². The molecule has 102 valence electrons. The smallest absolute Gasteiger partial charge is 0.287 e. The Bertz CT molecular complexity index is 431. The lowest BCUT2D eigenvalue weighted by Gasteiger charge is -2.11. The number of nitrogens with two attached hydrogens (primary N) is 1. The summed E-state index contributed by atoms with van der Waals surface area (Å²) in [6.45, 7) is 5.29. The van der Waals surface area contributed by atoms with Gasteiger partial charge in [-0.05, 0) is 19.8 Å². The van der Waals surface area contributed by atoms with Gasteiger partial charge in [0, 0.05) is 19.1 Å². The topological polar surface area (TPSA) is 72.9 Å². The minimum atomic E-state index is -0.240. The molecule has 0 spiro atoms. The molecule has 0 bridgehead atoms. The lowest BCUT2D eigenvalue weighted by molar-refractivity contribution is 0.543. The van der Waals surface area contributed by atoms with Gasteiger partial charge < -0.3 is 11.1 Å². The maximum Gasteiger partial charge on any atom is 0.287 e. The van der Waals surface area contributed by atoms with Crippen molar-refractivity contribution in [2.24, 2.45) is 5.73 Å². The van der Waals surface area contributed by atoms with Gasteiger partial charge in [0.15, 0.2) is 0 Å². The van der Waals surface area contributed by atoms with E-state index in [0.717, 1.165) is 19.3 Å². The second-order valence-corrected chi connectivity index (χ2v) is 4.82. The predicted molar refractivity (Wildman–Crippen MR) is 75.2 cm³/mol. The van der Waals surface area contributed by atoms with Crippen LogP contribution in [0.1, 0.15) is 33.1 Å². The Morgan fingerprint density at radius 1 is 1.61 bits per heavy atom. The van der Waals surface area contributed by atoms with Crippen LogP contribution >= 0.6 is 11.6 Å². The molecule has 0 fully saturated rings. The second kappa shape index (κ2) is 7.38. The zero-order valence-corrected chi connectivity index (χ0v) is 11.7. The maximum absolute atomic E-state index is 11.9. The van der Waals surface area contributed by atoms with Gasteiger partial charge >= 0.3 is 0 Å². The molecule has 0 aliphatic rings. The number of aryl methyl sites for hydroxylation is 1. The predicted octanol–water partition coefficient (Wildman–Crippen LogP) is 1.85. The van der Waals surface area contributed by atoms with Crippen LogP contribution in [0.3, 0.4) is 0 Å². The van der Waals surface area contributed by atoms with Gasteiger partial charge in [-0.2, -0.15) is 5.10 Å². The minimum Gasteiger partial charge on any atom is -0.382 e. The molecule has 5 nitrogen and oxygen atoms in total. The standard InChI is InChI=1S/C12H21ClN4O/c1-3-4-7-17-12(18)11(13)10(8-16-17)15-6-5-9(2)14/h8-9,15H,3-7,14H2,1-2H3. The average molecular weight is 273 g/mol. The molecule has 1 atom stereocenters. The Morgan fingerprint density at radius 3 is 2.94 bits per heavy atom. The first kappa shape index (κ1) is 15.0. The molecule has 1 aromatic heterocycles. The van der Waals surface area contributed by atoms with E-state index in [1.165, 1.54) is 4.68 Å². The number of rotatable bonds is 7. The molecule has 0 aromatic carbocycles. The Hall–Kier alpha value is -1.07. The Balaban J connectivity index is 2.71. The zero-order chi connectivity index (χ0) is 13.5. The zero-order valence-electron chi connectivity index (χ0n) is 10.9. The molecule has 0 saturated heterocycles. The molecule has 0 aliphatic carbocycles. The van der Waals surface area contributed by atoms with Gasteiger partial charge in [0.2, 0.25) is 0 Å².